The molecule has 0 aliphatic heterocycles. The lowest BCUT2D eigenvalue weighted by molar-refractivity contribution is 0.264. The summed E-state index contributed by atoms with van der Waals surface area (Å²) in [5.41, 5.74) is 1.90. The van der Waals surface area contributed by atoms with Gasteiger partial charge in [-0.3, -0.25) is 0 Å². The fourth-order valence-electron chi connectivity index (χ4n) is 3.92. The van der Waals surface area contributed by atoms with Crippen LogP contribution in [0.2, 0.25) is 0 Å². The predicted octanol–water partition coefficient (Wildman–Crippen LogP) is 4.02. The van der Waals surface area contributed by atoms with Gasteiger partial charge in [-0.15, -0.1) is 0 Å². The second-order valence-corrected chi connectivity index (χ2v) is 5.58. The minimum Gasteiger partial charge on any atom is -0.0996 e. The van der Waals surface area contributed by atoms with Crippen LogP contribution < -0.4 is 0 Å². The first-order valence-corrected chi connectivity index (χ1v) is 5.71. The molecule has 0 heterocycles. The summed E-state index contributed by atoms with van der Waals surface area (Å²) in [5.74, 6) is 2.91. The fraction of sp³-hybridized carbons (Fsp3) is 0.846. The number of rotatable bonds is 1. The van der Waals surface area contributed by atoms with Gasteiger partial charge in [0.25, 0.3) is 0 Å². The molecule has 2 aliphatic carbocycles. The van der Waals surface area contributed by atoms with E-state index in [1.807, 2.05) is 0 Å². The van der Waals surface area contributed by atoms with Crippen molar-refractivity contribution in [2.45, 2.75) is 46.5 Å². The Bertz CT molecular complexity index is 228. The van der Waals surface area contributed by atoms with Crippen LogP contribution in [0.1, 0.15) is 46.5 Å². The van der Waals surface area contributed by atoms with Crippen LogP contribution in [-0.2, 0) is 0 Å². The van der Waals surface area contributed by atoms with Crippen LogP contribution in [0.4, 0.5) is 0 Å². The Morgan fingerprint density at radius 2 is 2.08 bits per heavy atom. The fourth-order valence-corrected chi connectivity index (χ4v) is 3.92. The molecule has 74 valence electrons. The summed E-state index contributed by atoms with van der Waals surface area (Å²) in [6, 6.07) is 0. The van der Waals surface area contributed by atoms with Crippen molar-refractivity contribution in [1.82, 2.24) is 0 Å². The van der Waals surface area contributed by atoms with Gasteiger partial charge in [-0.2, -0.15) is 0 Å². The zero-order valence-electron chi connectivity index (χ0n) is 9.27. The van der Waals surface area contributed by atoms with Crippen molar-refractivity contribution in [2.75, 3.05) is 0 Å². The largest absolute Gasteiger partial charge is 0.0996 e. The van der Waals surface area contributed by atoms with Gasteiger partial charge in [0.1, 0.15) is 0 Å². The maximum absolute atomic E-state index is 4.20. The van der Waals surface area contributed by atoms with E-state index in [9.17, 15) is 0 Å². The molecule has 0 saturated heterocycles. The Morgan fingerprint density at radius 3 is 2.69 bits per heavy atom. The van der Waals surface area contributed by atoms with Crippen LogP contribution in [0.5, 0.6) is 0 Å². The Labute approximate surface area is 82.4 Å². The zero-order valence-corrected chi connectivity index (χ0v) is 9.27. The van der Waals surface area contributed by atoms with E-state index in [1.54, 1.807) is 0 Å². The van der Waals surface area contributed by atoms with Gasteiger partial charge in [0, 0.05) is 0 Å². The summed E-state index contributed by atoms with van der Waals surface area (Å²) < 4.78 is 0. The second-order valence-electron chi connectivity index (χ2n) is 5.58. The highest BCUT2D eigenvalue weighted by atomic mass is 14.5. The minimum atomic E-state index is 0.473. The van der Waals surface area contributed by atoms with Gasteiger partial charge >= 0.3 is 0 Å². The summed E-state index contributed by atoms with van der Waals surface area (Å²) in [5, 5.41) is 0. The molecule has 2 aliphatic rings. The summed E-state index contributed by atoms with van der Waals surface area (Å²) >= 11 is 0. The monoisotopic (exact) mass is 178 g/mol. The quantitative estimate of drug-likeness (QED) is 0.532. The highest BCUT2D eigenvalue weighted by Crippen LogP contribution is 2.59. The van der Waals surface area contributed by atoms with Gasteiger partial charge in [0.2, 0.25) is 0 Å². The smallest absolute Gasteiger partial charge is 0.00882 e. The predicted molar refractivity (Wildman–Crippen MR) is 57.5 cm³/mol. The second kappa shape index (κ2) is 2.87. The van der Waals surface area contributed by atoms with E-state index >= 15 is 0 Å². The van der Waals surface area contributed by atoms with Gasteiger partial charge in [-0.25, -0.2) is 0 Å². The molecule has 4 unspecified atom stereocenters. The molecule has 2 rings (SSSR count). The third-order valence-corrected chi connectivity index (χ3v) is 4.84. The van der Waals surface area contributed by atoms with Gasteiger partial charge in [0.15, 0.2) is 0 Å². The van der Waals surface area contributed by atoms with E-state index in [4.69, 9.17) is 0 Å². The topological polar surface area (TPSA) is 0 Å². The van der Waals surface area contributed by atoms with E-state index in [1.165, 1.54) is 31.3 Å². The Balaban J connectivity index is 2.28. The molecule has 0 spiro atoms. The van der Waals surface area contributed by atoms with Gasteiger partial charge in [-0.05, 0) is 49.4 Å². The van der Waals surface area contributed by atoms with E-state index in [0.717, 1.165) is 17.8 Å². The average molecular weight is 178 g/mol. The maximum atomic E-state index is 4.20. The summed E-state index contributed by atoms with van der Waals surface area (Å²) in [7, 11) is 0. The number of hydrogen-bond donors (Lipinski definition) is 0. The molecular formula is C13H22. The van der Waals surface area contributed by atoms with Gasteiger partial charge in [-0.1, -0.05) is 32.4 Å². The van der Waals surface area contributed by atoms with Crippen molar-refractivity contribution >= 4 is 0 Å². The molecule has 13 heavy (non-hydrogen) atoms. The third-order valence-electron chi connectivity index (χ3n) is 4.84. The van der Waals surface area contributed by atoms with E-state index < -0.39 is 0 Å². The van der Waals surface area contributed by atoms with Crippen LogP contribution in [0, 0.1) is 23.2 Å². The number of allylic oxidation sites excluding steroid dienone is 1. The number of hydrogen-bond acceptors (Lipinski definition) is 0. The maximum Gasteiger partial charge on any atom is -0.00882 e. The van der Waals surface area contributed by atoms with Crippen LogP contribution in [0.3, 0.4) is 0 Å². The highest BCUT2D eigenvalue weighted by Gasteiger charge is 2.50. The van der Waals surface area contributed by atoms with Crippen LogP contribution >= 0.6 is 0 Å². The van der Waals surface area contributed by atoms with Gasteiger partial charge < -0.3 is 0 Å². The molecule has 0 radical (unpaired) electrons. The molecule has 2 fully saturated rings. The standard InChI is InChI=1S/C13H22/c1-9(2)13(4)8-10(3)11-6-5-7-12(11)13/h10-12H,1,5-8H2,2-4H3. The molecule has 0 bridgehead atoms. The first kappa shape index (κ1) is 9.30. The molecule has 0 aromatic carbocycles. The molecule has 4 atom stereocenters. The molecule has 2 saturated carbocycles. The van der Waals surface area contributed by atoms with Crippen molar-refractivity contribution < 1.29 is 0 Å². The van der Waals surface area contributed by atoms with Crippen molar-refractivity contribution in [1.29, 1.82) is 0 Å². The molecule has 0 aromatic rings. The van der Waals surface area contributed by atoms with E-state index in [2.05, 4.69) is 27.4 Å². The number of fused-ring (bicyclic) bond motifs is 1. The first-order valence-electron chi connectivity index (χ1n) is 5.71. The minimum absolute atomic E-state index is 0.473. The Morgan fingerprint density at radius 1 is 1.38 bits per heavy atom. The molecule has 0 heteroatoms. The SMILES string of the molecule is C=C(C)C1(C)CC(C)C2CCCC21. The normalized spacial score (nSPS) is 49.3. The van der Waals surface area contributed by atoms with Crippen molar-refractivity contribution in [3.8, 4) is 0 Å². The molecule has 0 aromatic heterocycles. The summed E-state index contributed by atoms with van der Waals surface area (Å²) in [4.78, 5) is 0. The van der Waals surface area contributed by atoms with Crippen LogP contribution in [0.25, 0.3) is 0 Å². The molecule has 0 nitrogen and oxygen atoms in total. The lowest BCUT2D eigenvalue weighted by Crippen LogP contribution is -2.23. The molecule has 0 amide bonds. The van der Waals surface area contributed by atoms with Crippen molar-refractivity contribution in [3.05, 3.63) is 12.2 Å². The van der Waals surface area contributed by atoms with Crippen molar-refractivity contribution in [2.24, 2.45) is 23.2 Å². The Hall–Kier alpha value is -0.260. The first-order chi connectivity index (χ1) is 6.05. The van der Waals surface area contributed by atoms with Gasteiger partial charge in [0.05, 0.1) is 0 Å². The van der Waals surface area contributed by atoms with Crippen molar-refractivity contribution in [3.63, 3.8) is 0 Å². The third kappa shape index (κ3) is 1.18. The molecular weight excluding hydrogens is 156 g/mol. The summed E-state index contributed by atoms with van der Waals surface area (Å²) in [6.45, 7) is 11.3. The van der Waals surface area contributed by atoms with Crippen LogP contribution in [-0.4, -0.2) is 0 Å². The molecule has 0 N–H and O–H groups in total. The van der Waals surface area contributed by atoms with E-state index in [0.29, 0.717) is 5.41 Å². The highest BCUT2D eigenvalue weighted by molar-refractivity contribution is 5.15. The Kier molecular flexibility index (Phi) is 2.05. The average Bonchev–Trinajstić information content (AvgIpc) is 2.57. The van der Waals surface area contributed by atoms with E-state index in [-0.39, 0.29) is 0 Å². The lowest BCUT2D eigenvalue weighted by atomic mass is 9.73. The zero-order chi connectivity index (χ0) is 9.64. The van der Waals surface area contributed by atoms with Crippen LogP contribution in [0.15, 0.2) is 12.2 Å². The lowest BCUT2D eigenvalue weighted by Gasteiger charge is -2.31. The summed E-state index contributed by atoms with van der Waals surface area (Å²) in [6.07, 6.45) is 5.79.